The zero-order valence-electron chi connectivity index (χ0n) is 19.8. The van der Waals surface area contributed by atoms with Gasteiger partial charge in [-0.05, 0) is 68.1 Å². The van der Waals surface area contributed by atoms with Crippen molar-refractivity contribution in [2.24, 2.45) is 0 Å². The van der Waals surface area contributed by atoms with E-state index in [4.69, 9.17) is 9.47 Å². The van der Waals surface area contributed by atoms with Gasteiger partial charge in [-0.1, -0.05) is 0 Å². The number of carboxylic acid groups (broad SMARTS) is 1. The van der Waals surface area contributed by atoms with Gasteiger partial charge in [-0.2, -0.15) is 5.10 Å². The van der Waals surface area contributed by atoms with Crippen LogP contribution in [0.2, 0.25) is 0 Å². The van der Waals surface area contributed by atoms with E-state index in [-0.39, 0.29) is 24.1 Å². The molecule has 0 spiro atoms. The largest absolute Gasteiger partial charge is 0.481 e. The Hall–Kier alpha value is -3.23. The number of benzene rings is 2. The van der Waals surface area contributed by atoms with Gasteiger partial charge < -0.3 is 19.1 Å². The lowest BCUT2D eigenvalue weighted by atomic mass is 9.85. The van der Waals surface area contributed by atoms with Crippen LogP contribution < -0.4 is 0 Å². The van der Waals surface area contributed by atoms with Crippen LogP contribution in [0.3, 0.4) is 0 Å². The second-order valence-corrected chi connectivity index (χ2v) is 9.11. The average Bonchev–Trinajstić information content (AvgIpc) is 3.45. The lowest BCUT2D eigenvalue weighted by molar-refractivity contribution is -0.137. The van der Waals surface area contributed by atoms with Crippen molar-refractivity contribution in [1.82, 2.24) is 14.8 Å². The summed E-state index contributed by atoms with van der Waals surface area (Å²) in [6, 6.07) is 10.8. The Balaban J connectivity index is 1.81. The van der Waals surface area contributed by atoms with Crippen LogP contribution in [0.5, 0.6) is 0 Å². The van der Waals surface area contributed by atoms with Crippen LogP contribution in [-0.4, -0.2) is 52.3 Å². The lowest BCUT2D eigenvalue weighted by Crippen LogP contribution is -2.20. The number of hydrogen-bond donors (Lipinski definition) is 2. The minimum Gasteiger partial charge on any atom is -0.481 e. The van der Waals surface area contributed by atoms with Crippen LogP contribution in [-0.2, 0) is 14.3 Å². The zero-order chi connectivity index (χ0) is 24.4. The summed E-state index contributed by atoms with van der Waals surface area (Å²) in [5.74, 6) is -0.988. The first kappa shape index (κ1) is 23.5. The van der Waals surface area contributed by atoms with Crippen molar-refractivity contribution in [3.63, 3.8) is 0 Å². The Morgan fingerprint density at radius 1 is 1.29 bits per heavy atom. The Labute approximate surface area is 202 Å². The summed E-state index contributed by atoms with van der Waals surface area (Å²) in [6.07, 6.45) is 4.05. The molecule has 0 aliphatic carbocycles. The highest BCUT2D eigenvalue weighted by Crippen LogP contribution is 2.44. The molecular formula is C27H30FN3O4. The second kappa shape index (κ2) is 10.2. The molecule has 1 atom stereocenters. The summed E-state index contributed by atoms with van der Waals surface area (Å²) in [4.78, 5) is 11.5. The minimum absolute atomic E-state index is 0.0560. The van der Waals surface area contributed by atoms with Crippen molar-refractivity contribution in [2.75, 3.05) is 26.4 Å². The van der Waals surface area contributed by atoms with E-state index in [9.17, 15) is 14.3 Å². The fourth-order valence-electron chi connectivity index (χ4n) is 5.31. The highest BCUT2D eigenvalue weighted by Gasteiger charge is 2.31. The smallest absolute Gasteiger partial charge is 0.303 e. The van der Waals surface area contributed by atoms with Gasteiger partial charge in [0.1, 0.15) is 5.82 Å². The number of halogens is 1. The van der Waals surface area contributed by atoms with Crippen molar-refractivity contribution in [3.05, 3.63) is 59.7 Å². The maximum atomic E-state index is 13.9. The number of aromatic nitrogens is 3. The summed E-state index contributed by atoms with van der Waals surface area (Å²) in [5, 5.41) is 18.8. The van der Waals surface area contributed by atoms with Crippen LogP contribution >= 0.6 is 0 Å². The van der Waals surface area contributed by atoms with E-state index in [0.717, 1.165) is 51.6 Å². The standard InChI is InChI=1S/C27H30FN3O4/c1-2-34-16-18(3-8-25(32)33)26-22-14-23-19(15-29-30-23)13-24(22)31(21-6-4-20(28)5-7-21)27(26)17-9-11-35-12-10-17/h4-7,13-15,17-18H,2-3,8-12,16H2,1H3,(H,29,30)(H,32,33). The molecule has 0 radical (unpaired) electrons. The molecular weight excluding hydrogens is 449 g/mol. The fraction of sp³-hybridized carbons (Fsp3) is 0.407. The average molecular weight is 480 g/mol. The van der Waals surface area contributed by atoms with Crippen molar-refractivity contribution >= 4 is 27.8 Å². The molecule has 7 nitrogen and oxygen atoms in total. The molecule has 1 saturated heterocycles. The van der Waals surface area contributed by atoms with E-state index in [1.54, 1.807) is 18.3 Å². The SMILES string of the molecule is CCOCC(CCC(=O)O)c1c(C2CCOCC2)n(-c2ccc(F)cc2)c2cc3cn[nH]c3cc12. The summed E-state index contributed by atoms with van der Waals surface area (Å²) < 4.78 is 27.7. The van der Waals surface area contributed by atoms with Gasteiger partial charge in [-0.3, -0.25) is 9.89 Å². The van der Waals surface area contributed by atoms with E-state index in [1.807, 2.05) is 6.92 Å². The molecule has 3 heterocycles. The van der Waals surface area contributed by atoms with Gasteiger partial charge in [0.15, 0.2) is 0 Å². The van der Waals surface area contributed by atoms with Gasteiger partial charge in [0, 0.05) is 60.2 Å². The predicted molar refractivity (Wildman–Crippen MR) is 132 cm³/mol. The Morgan fingerprint density at radius 3 is 2.77 bits per heavy atom. The highest BCUT2D eigenvalue weighted by molar-refractivity contribution is 5.99. The summed E-state index contributed by atoms with van der Waals surface area (Å²) in [7, 11) is 0. The van der Waals surface area contributed by atoms with Crippen molar-refractivity contribution in [2.45, 2.75) is 44.4 Å². The molecule has 0 bridgehead atoms. The van der Waals surface area contributed by atoms with E-state index < -0.39 is 5.97 Å². The van der Waals surface area contributed by atoms with E-state index >= 15 is 0 Å². The molecule has 8 heteroatoms. The van der Waals surface area contributed by atoms with Crippen LogP contribution in [0.4, 0.5) is 4.39 Å². The first-order valence-corrected chi connectivity index (χ1v) is 12.2. The first-order chi connectivity index (χ1) is 17.1. The lowest BCUT2D eigenvalue weighted by Gasteiger charge is -2.28. The van der Waals surface area contributed by atoms with Gasteiger partial charge in [0.25, 0.3) is 0 Å². The maximum Gasteiger partial charge on any atom is 0.303 e. The number of rotatable bonds is 9. The maximum absolute atomic E-state index is 13.9. The number of carboxylic acids is 1. The number of nitrogens with one attached hydrogen (secondary N) is 1. The van der Waals surface area contributed by atoms with Gasteiger partial charge in [0.05, 0.1) is 23.8 Å². The Kier molecular flexibility index (Phi) is 6.83. The van der Waals surface area contributed by atoms with Gasteiger partial charge in [-0.25, -0.2) is 4.39 Å². The fourth-order valence-corrected chi connectivity index (χ4v) is 5.31. The van der Waals surface area contributed by atoms with Gasteiger partial charge in [0.2, 0.25) is 0 Å². The summed E-state index contributed by atoms with van der Waals surface area (Å²) in [5.41, 5.74) is 5.05. The molecule has 2 aromatic heterocycles. The van der Waals surface area contributed by atoms with Gasteiger partial charge >= 0.3 is 5.97 Å². The minimum atomic E-state index is -0.822. The number of aliphatic carboxylic acids is 1. The van der Waals surface area contributed by atoms with E-state index in [2.05, 4.69) is 26.9 Å². The summed E-state index contributed by atoms with van der Waals surface area (Å²) >= 11 is 0. The van der Waals surface area contributed by atoms with Crippen molar-refractivity contribution < 1.29 is 23.8 Å². The first-order valence-electron chi connectivity index (χ1n) is 12.2. The number of fused-ring (bicyclic) bond motifs is 2. The van der Waals surface area contributed by atoms with E-state index in [1.165, 1.54) is 12.1 Å². The van der Waals surface area contributed by atoms with E-state index in [0.29, 0.717) is 32.8 Å². The molecule has 184 valence electrons. The number of aromatic amines is 1. The molecule has 2 N–H and O–H groups in total. The van der Waals surface area contributed by atoms with Crippen LogP contribution in [0.15, 0.2) is 42.6 Å². The van der Waals surface area contributed by atoms with Gasteiger partial charge in [-0.15, -0.1) is 0 Å². The molecule has 2 aromatic carbocycles. The third-order valence-electron chi connectivity index (χ3n) is 6.94. The molecule has 1 aliphatic heterocycles. The second-order valence-electron chi connectivity index (χ2n) is 9.11. The Bertz CT molecular complexity index is 1320. The van der Waals surface area contributed by atoms with Crippen LogP contribution in [0.1, 0.15) is 55.7 Å². The third kappa shape index (κ3) is 4.68. The topological polar surface area (TPSA) is 89.4 Å². The molecule has 0 amide bonds. The molecule has 4 aromatic rings. The normalized spacial score (nSPS) is 15.7. The predicted octanol–water partition coefficient (Wildman–Crippen LogP) is 5.52. The molecule has 0 saturated carbocycles. The quantitative estimate of drug-likeness (QED) is 0.330. The van der Waals surface area contributed by atoms with Crippen LogP contribution in [0, 0.1) is 5.82 Å². The number of nitrogens with zero attached hydrogens (tertiary/aromatic N) is 2. The monoisotopic (exact) mass is 479 g/mol. The zero-order valence-corrected chi connectivity index (χ0v) is 19.8. The molecule has 5 rings (SSSR count). The van der Waals surface area contributed by atoms with Crippen LogP contribution in [0.25, 0.3) is 27.5 Å². The number of ether oxygens (including phenoxy) is 2. The molecule has 1 fully saturated rings. The van der Waals surface area contributed by atoms with Crippen molar-refractivity contribution in [3.8, 4) is 5.69 Å². The van der Waals surface area contributed by atoms with Crippen molar-refractivity contribution in [1.29, 1.82) is 0 Å². The molecule has 1 aliphatic rings. The molecule has 35 heavy (non-hydrogen) atoms. The third-order valence-corrected chi connectivity index (χ3v) is 6.94. The number of H-pyrrole nitrogens is 1. The summed E-state index contributed by atoms with van der Waals surface area (Å²) in [6.45, 7) is 4.28. The molecule has 1 unspecified atom stereocenters. The number of hydrogen-bond acceptors (Lipinski definition) is 4. The Morgan fingerprint density at radius 2 is 2.06 bits per heavy atom. The number of carbonyl (C=O) groups is 1. The highest BCUT2D eigenvalue weighted by atomic mass is 19.1.